The topological polar surface area (TPSA) is 66.9 Å². The maximum absolute atomic E-state index is 11.8. The van der Waals surface area contributed by atoms with Crippen LogP contribution >= 0.6 is 11.6 Å². The van der Waals surface area contributed by atoms with Gasteiger partial charge in [0, 0.05) is 32.1 Å². The van der Waals surface area contributed by atoms with Gasteiger partial charge in [-0.25, -0.2) is 13.2 Å². The van der Waals surface area contributed by atoms with Gasteiger partial charge in [-0.05, 0) is 6.42 Å². The minimum Gasteiger partial charge on any atom is -0.453 e. The Kier molecular flexibility index (Phi) is 5.48. The van der Waals surface area contributed by atoms with Crippen molar-refractivity contribution >= 4 is 27.7 Å². The molecule has 0 atom stereocenters. The molecule has 6 nitrogen and oxygen atoms in total. The normalized spacial score (nSPS) is 18.1. The fourth-order valence-electron chi connectivity index (χ4n) is 1.64. The number of nitrogens with zero attached hydrogens (tertiary/aromatic N) is 2. The van der Waals surface area contributed by atoms with Crippen molar-refractivity contribution in [1.82, 2.24) is 9.21 Å². The summed E-state index contributed by atoms with van der Waals surface area (Å²) in [6.45, 7) is 1.37. The highest BCUT2D eigenvalue weighted by Gasteiger charge is 2.28. The van der Waals surface area contributed by atoms with E-state index >= 15 is 0 Å². The highest BCUT2D eigenvalue weighted by molar-refractivity contribution is 7.89. The summed E-state index contributed by atoms with van der Waals surface area (Å²) in [6, 6.07) is 0. The number of piperazine rings is 1. The van der Waals surface area contributed by atoms with Gasteiger partial charge in [0.1, 0.15) is 0 Å². The third-order valence-corrected chi connectivity index (χ3v) is 4.82. The van der Waals surface area contributed by atoms with Crippen molar-refractivity contribution in [1.29, 1.82) is 0 Å². The van der Waals surface area contributed by atoms with E-state index in [1.807, 2.05) is 0 Å². The van der Waals surface area contributed by atoms with Gasteiger partial charge < -0.3 is 9.64 Å². The van der Waals surface area contributed by atoms with E-state index in [4.69, 9.17) is 11.6 Å². The molecular weight excluding hydrogens is 268 g/mol. The molecule has 1 rings (SSSR count). The van der Waals surface area contributed by atoms with Crippen molar-refractivity contribution in [3.63, 3.8) is 0 Å². The minimum absolute atomic E-state index is 0.0642. The number of carbonyl (C=O) groups excluding carboxylic acids is 1. The molecule has 0 aromatic carbocycles. The highest BCUT2D eigenvalue weighted by Crippen LogP contribution is 2.10. The van der Waals surface area contributed by atoms with E-state index in [1.165, 1.54) is 16.3 Å². The number of ether oxygens (including phenoxy) is 1. The first-order chi connectivity index (χ1) is 8.01. The van der Waals surface area contributed by atoms with Gasteiger partial charge in [-0.2, -0.15) is 4.31 Å². The molecule has 1 saturated heterocycles. The van der Waals surface area contributed by atoms with Crippen LogP contribution in [0.1, 0.15) is 6.42 Å². The van der Waals surface area contributed by atoms with E-state index in [2.05, 4.69) is 4.74 Å². The maximum Gasteiger partial charge on any atom is 0.409 e. The molecule has 1 heterocycles. The van der Waals surface area contributed by atoms with Gasteiger partial charge in [-0.1, -0.05) is 0 Å². The molecule has 0 aliphatic carbocycles. The van der Waals surface area contributed by atoms with E-state index in [9.17, 15) is 13.2 Å². The summed E-state index contributed by atoms with van der Waals surface area (Å²) in [5.41, 5.74) is 0. The van der Waals surface area contributed by atoms with E-state index in [-0.39, 0.29) is 5.75 Å². The average Bonchev–Trinajstić information content (AvgIpc) is 2.35. The molecule has 0 unspecified atom stereocenters. The molecule has 0 aromatic heterocycles. The summed E-state index contributed by atoms with van der Waals surface area (Å²) in [5.74, 6) is 0.399. The number of rotatable bonds is 4. The second-order valence-corrected chi connectivity index (χ2v) is 6.18. The number of methoxy groups -OCH3 is 1. The molecule has 17 heavy (non-hydrogen) atoms. The number of halogens is 1. The second kappa shape index (κ2) is 6.42. The maximum atomic E-state index is 11.8. The van der Waals surface area contributed by atoms with Crippen LogP contribution in [0.4, 0.5) is 4.79 Å². The number of carbonyl (C=O) groups is 1. The highest BCUT2D eigenvalue weighted by atomic mass is 35.5. The average molecular weight is 285 g/mol. The lowest BCUT2D eigenvalue weighted by molar-refractivity contribution is 0.108. The van der Waals surface area contributed by atoms with Crippen LogP contribution in [0.5, 0.6) is 0 Å². The molecule has 1 aliphatic rings. The van der Waals surface area contributed by atoms with Crippen LogP contribution in [0, 0.1) is 0 Å². The summed E-state index contributed by atoms with van der Waals surface area (Å²) in [7, 11) is -1.92. The smallest absolute Gasteiger partial charge is 0.409 e. The fourth-order valence-corrected chi connectivity index (χ4v) is 3.42. The lowest BCUT2D eigenvalue weighted by Crippen LogP contribution is -2.51. The van der Waals surface area contributed by atoms with Gasteiger partial charge in [0.05, 0.1) is 12.9 Å². The van der Waals surface area contributed by atoms with Crippen molar-refractivity contribution < 1.29 is 17.9 Å². The number of alkyl halides is 1. The van der Waals surface area contributed by atoms with Crippen LogP contribution in [0.15, 0.2) is 0 Å². The van der Waals surface area contributed by atoms with Gasteiger partial charge in [0.15, 0.2) is 0 Å². The van der Waals surface area contributed by atoms with E-state index in [1.54, 1.807) is 0 Å². The molecule has 0 spiro atoms. The molecule has 0 saturated carbocycles. The number of hydrogen-bond acceptors (Lipinski definition) is 4. The summed E-state index contributed by atoms with van der Waals surface area (Å²) >= 11 is 5.48. The van der Waals surface area contributed by atoms with Gasteiger partial charge in [0.2, 0.25) is 10.0 Å². The third-order valence-electron chi connectivity index (χ3n) is 2.60. The Bertz CT molecular complexity index is 352. The van der Waals surface area contributed by atoms with Gasteiger partial charge >= 0.3 is 6.09 Å². The SMILES string of the molecule is COC(=O)N1CCN(S(=O)(=O)CCCCl)CC1. The first kappa shape index (κ1) is 14.5. The van der Waals surface area contributed by atoms with Crippen molar-refractivity contribution in [2.24, 2.45) is 0 Å². The van der Waals surface area contributed by atoms with E-state index in [0.717, 1.165) is 0 Å². The van der Waals surface area contributed by atoms with Crippen molar-refractivity contribution in [2.45, 2.75) is 6.42 Å². The van der Waals surface area contributed by atoms with Crippen molar-refractivity contribution in [3.05, 3.63) is 0 Å². The minimum atomic E-state index is -3.23. The molecule has 0 aromatic rings. The lowest BCUT2D eigenvalue weighted by Gasteiger charge is -2.33. The molecule has 8 heteroatoms. The summed E-state index contributed by atoms with van der Waals surface area (Å²) in [5, 5.41) is 0. The van der Waals surface area contributed by atoms with Crippen LogP contribution in [0.3, 0.4) is 0 Å². The quantitative estimate of drug-likeness (QED) is 0.698. The van der Waals surface area contributed by atoms with Crippen LogP contribution in [-0.2, 0) is 14.8 Å². The van der Waals surface area contributed by atoms with Crippen LogP contribution in [-0.4, -0.2) is 68.6 Å². The Labute approximate surface area is 107 Å². The van der Waals surface area contributed by atoms with E-state index < -0.39 is 16.1 Å². The van der Waals surface area contributed by atoms with Crippen molar-refractivity contribution in [2.75, 3.05) is 44.9 Å². The number of hydrogen-bond donors (Lipinski definition) is 0. The summed E-state index contributed by atoms with van der Waals surface area (Å²) in [6.07, 6.45) is 0.0315. The molecule has 1 fully saturated rings. The Morgan fingerprint density at radius 1 is 1.29 bits per heavy atom. The molecule has 1 aliphatic heterocycles. The fraction of sp³-hybridized carbons (Fsp3) is 0.889. The lowest BCUT2D eigenvalue weighted by atomic mass is 10.4. The summed E-state index contributed by atoms with van der Waals surface area (Å²) < 4.78 is 29.6. The number of sulfonamides is 1. The zero-order valence-electron chi connectivity index (χ0n) is 9.76. The predicted octanol–water partition coefficient (Wildman–Crippen LogP) is 0.329. The zero-order chi connectivity index (χ0) is 12.9. The molecule has 0 N–H and O–H groups in total. The Balaban J connectivity index is 2.49. The molecule has 1 amide bonds. The first-order valence-electron chi connectivity index (χ1n) is 5.38. The van der Waals surface area contributed by atoms with Crippen LogP contribution in [0.2, 0.25) is 0 Å². The van der Waals surface area contributed by atoms with Gasteiger partial charge in [-0.15, -0.1) is 11.6 Å². The third kappa shape index (κ3) is 4.01. The molecular formula is C9H17ClN2O4S. The Morgan fingerprint density at radius 3 is 2.35 bits per heavy atom. The number of amides is 1. The Hall–Kier alpha value is -0.530. The van der Waals surface area contributed by atoms with Gasteiger partial charge in [0.25, 0.3) is 0 Å². The zero-order valence-corrected chi connectivity index (χ0v) is 11.3. The van der Waals surface area contributed by atoms with Crippen LogP contribution in [0.25, 0.3) is 0 Å². The molecule has 0 bridgehead atoms. The van der Waals surface area contributed by atoms with E-state index in [0.29, 0.717) is 38.5 Å². The monoisotopic (exact) mass is 284 g/mol. The largest absolute Gasteiger partial charge is 0.453 e. The summed E-state index contributed by atoms with van der Waals surface area (Å²) in [4.78, 5) is 12.7. The first-order valence-corrected chi connectivity index (χ1v) is 7.52. The molecule has 100 valence electrons. The second-order valence-electron chi connectivity index (χ2n) is 3.71. The van der Waals surface area contributed by atoms with Crippen molar-refractivity contribution in [3.8, 4) is 0 Å². The van der Waals surface area contributed by atoms with Crippen LogP contribution < -0.4 is 0 Å². The predicted molar refractivity (Wildman–Crippen MR) is 64.7 cm³/mol. The van der Waals surface area contributed by atoms with Gasteiger partial charge in [-0.3, -0.25) is 0 Å². The standard InChI is InChI=1S/C9H17ClN2O4S/c1-16-9(13)11-4-6-12(7-5-11)17(14,15)8-2-3-10/h2-8H2,1H3. The Morgan fingerprint density at radius 2 is 1.88 bits per heavy atom. The molecule has 0 radical (unpaired) electrons.